The Hall–Kier alpha value is -2.00. The number of likely N-dealkylation sites (tertiary alicyclic amines) is 1. The molecule has 1 amide bonds. The molecule has 1 unspecified atom stereocenters. The molecule has 2 N–H and O–H groups in total. The van der Waals surface area contributed by atoms with E-state index in [2.05, 4.69) is 27.8 Å². The number of nitrogens with zero attached hydrogens (tertiary/aromatic N) is 2. The van der Waals surface area contributed by atoms with Crippen molar-refractivity contribution in [2.24, 2.45) is 10.9 Å². The third kappa shape index (κ3) is 8.86. The van der Waals surface area contributed by atoms with Gasteiger partial charge in [0.25, 0.3) is 0 Å². The lowest BCUT2D eigenvalue weighted by molar-refractivity contribution is -0.127. The molecule has 174 valence electrons. The van der Waals surface area contributed by atoms with Crippen LogP contribution in [0, 0.1) is 5.92 Å². The summed E-state index contributed by atoms with van der Waals surface area (Å²) in [6, 6.07) is 17.6. The number of guanidine groups is 1. The predicted octanol–water partition coefficient (Wildman–Crippen LogP) is 3.98. The van der Waals surface area contributed by atoms with Crippen LogP contribution in [0.25, 0.3) is 0 Å². The van der Waals surface area contributed by atoms with Crippen molar-refractivity contribution in [1.82, 2.24) is 15.5 Å². The van der Waals surface area contributed by atoms with Crippen LogP contribution in [0.3, 0.4) is 0 Å². The molecule has 1 atom stereocenters. The van der Waals surface area contributed by atoms with Crippen molar-refractivity contribution in [2.75, 3.05) is 39.3 Å². The number of benzene rings is 2. The van der Waals surface area contributed by atoms with Crippen LogP contribution in [-0.4, -0.2) is 56.1 Å². The van der Waals surface area contributed by atoms with E-state index in [1.807, 2.05) is 48.2 Å². The predicted molar refractivity (Wildman–Crippen MR) is 141 cm³/mol. The molecule has 1 fully saturated rings. The zero-order valence-electron chi connectivity index (χ0n) is 18.4. The summed E-state index contributed by atoms with van der Waals surface area (Å²) in [5, 5.41) is 7.18. The van der Waals surface area contributed by atoms with Gasteiger partial charge >= 0.3 is 0 Å². The van der Waals surface area contributed by atoms with Gasteiger partial charge in [-0.25, -0.2) is 0 Å². The highest BCUT2D eigenvalue weighted by Crippen LogP contribution is 2.19. The number of ether oxygens (including phenoxy) is 1. The van der Waals surface area contributed by atoms with E-state index in [9.17, 15) is 4.79 Å². The van der Waals surface area contributed by atoms with Crippen LogP contribution < -0.4 is 15.4 Å². The molecule has 0 aromatic heterocycles. The monoisotopic (exact) mass is 570 g/mol. The van der Waals surface area contributed by atoms with Gasteiger partial charge in [0, 0.05) is 43.5 Å². The molecule has 8 heteroatoms. The van der Waals surface area contributed by atoms with Crippen LogP contribution in [0.15, 0.2) is 59.6 Å². The molecule has 0 aliphatic carbocycles. The molecule has 1 heterocycles. The van der Waals surface area contributed by atoms with Crippen molar-refractivity contribution in [3.8, 4) is 5.75 Å². The standard InChI is InChI=1S/C24H31ClN4O2.HI/c1-2-26-24(27-12-14-31-22-10-6-9-21(25)16-22)28-17-20-15-23(30)29(18-20)13-11-19-7-4-3-5-8-19;/h3-10,16,20H,2,11-15,17-18H2,1H3,(H2,26,27,28);1H. The average molecular weight is 571 g/mol. The Labute approximate surface area is 212 Å². The van der Waals surface area contributed by atoms with Gasteiger partial charge in [0.1, 0.15) is 12.4 Å². The summed E-state index contributed by atoms with van der Waals surface area (Å²) in [5.41, 5.74) is 1.26. The van der Waals surface area contributed by atoms with Crippen LogP contribution >= 0.6 is 35.6 Å². The number of hydrogen-bond acceptors (Lipinski definition) is 3. The first-order chi connectivity index (χ1) is 15.1. The Morgan fingerprint density at radius 3 is 2.75 bits per heavy atom. The van der Waals surface area contributed by atoms with Crippen LogP contribution in [0.4, 0.5) is 0 Å². The highest BCUT2D eigenvalue weighted by Gasteiger charge is 2.28. The summed E-state index contributed by atoms with van der Waals surface area (Å²) in [6.07, 6.45) is 1.45. The van der Waals surface area contributed by atoms with Gasteiger partial charge in [-0.3, -0.25) is 9.79 Å². The van der Waals surface area contributed by atoms with Crippen molar-refractivity contribution in [3.05, 3.63) is 65.2 Å². The molecule has 32 heavy (non-hydrogen) atoms. The third-order valence-electron chi connectivity index (χ3n) is 5.12. The van der Waals surface area contributed by atoms with Gasteiger partial charge in [0.15, 0.2) is 5.96 Å². The molecule has 1 aliphatic heterocycles. The number of nitrogens with one attached hydrogen (secondary N) is 2. The van der Waals surface area contributed by atoms with Gasteiger partial charge in [0.05, 0.1) is 6.54 Å². The second kappa shape index (κ2) is 14.2. The molecule has 6 nitrogen and oxygen atoms in total. The summed E-state index contributed by atoms with van der Waals surface area (Å²) in [6.45, 7) is 6.08. The number of carbonyl (C=O) groups excluding carboxylic acids is 1. The smallest absolute Gasteiger partial charge is 0.223 e. The first-order valence-corrected chi connectivity index (χ1v) is 11.2. The Kier molecular flexibility index (Phi) is 11.7. The van der Waals surface area contributed by atoms with Crippen LogP contribution in [0.2, 0.25) is 5.02 Å². The summed E-state index contributed by atoms with van der Waals surface area (Å²) in [7, 11) is 0. The van der Waals surface area contributed by atoms with Crippen molar-refractivity contribution in [1.29, 1.82) is 0 Å². The maximum absolute atomic E-state index is 12.4. The second-order valence-corrected chi connectivity index (χ2v) is 8.03. The molecule has 0 saturated carbocycles. The maximum atomic E-state index is 12.4. The van der Waals surface area contributed by atoms with E-state index < -0.39 is 0 Å². The second-order valence-electron chi connectivity index (χ2n) is 7.60. The lowest BCUT2D eigenvalue weighted by Gasteiger charge is -2.16. The fourth-order valence-electron chi connectivity index (χ4n) is 3.56. The highest BCUT2D eigenvalue weighted by molar-refractivity contribution is 14.0. The first kappa shape index (κ1) is 26.3. The number of rotatable bonds is 10. The van der Waals surface area contributed by atoms with Crippen molar-refractivity contribution in [2.45, 2.75) is 19.8 Å². The van der Waals surface area contributed by atoms with E-state index in [0.717, 1.165) is 37.8 Å². The SMILES string of the molecule is CCNC(=NCC1CC(=O)N(CCc2ccccc2)C1)NCCOc1cccc(Cl)c1.I. The van der Waals surface area contributed by atoms with E-state index in [1.54, 1.807) is 6.07 Å². The Morgan fingerprint density at radius 1 is 1.19 bits per heavy atom. The zero-order chi connectivity index (χ0) is 21.9. The van der Waals surface area contributed by atoms with Crippen LogP contribution in [0.1, 0.15) is 18.9 Å². The van der Waals surface area contributed by atoms with Crippen LogP contribution in [-0.2, 0) is 11.2 Å². The molecular weight excluding hydrogens is 539 g/mol. The Morgan fingerprint density at radius 2 is 2.00 bits per heavy atom. The number of hydrogen-bond donors (Lipinski definition) is 2. The topological polar surface area (TPSA) is 66.0 Å². The summed E-state index contributed by atoms with van der Waals surface area (Å²) in [5.74, 6) is 1.97. The third-order valence-corrected chi connectivity index (χ3v) is 5.35. The molecular formula is C24H32ClIN4O2. The average Bonchev–Trinajstić information content (AvgIpc) is 3.13. The fraction of sp³-hybridized carbons (Fsp3) is 0.417. The number of carbonyl (C=O) groups is 1. The van der Waals surface area contributed by atoms with Gasteiger partial charge in [-0.15, -0.1) is 24.0 Å². The van der Waals surface area contributed by atoms with Crippen molar-refractivity contribution < 1.29 is 9.53 Å². The molecule has 1 saturated heterocycles. The summed E-state index contributed by atoms with van der Waals surface area (Å²) < 4.78 is 5.70. The quantitative estimate of drug-likeness (QED) is 0.196. The summed E-state index contributed by atoms with van der Waals surface area (Å²) in [4.78, 5) is 19.0. The van der Waals surface area contributed by atoms with Crippen molar-refractivity contribution in [3.63, 3.8) is 0 Å². The number of halogens is 2. The number of amides is 1. The first-order valence-electron chi connectivity index (χ1n) is 10.9. The minimum Gasteiger partial charge on any atom is -0.492 e. The number of aliphatic imine (C=N–C) groups is 1. The van der Waals surface area contributed by atoms with Gasteiger partial charge in [0.2, 0.25) is 5.91 Å². The normalized spacial score (nSPS) is 15.9. The van der Waals surface area contributed by atoms with E-state index in [4.69, 9.17) is 16.3 Å². The van der Waals surface area contributed by atoms with E-state index in [-0.39, 0.29) is 35.8 Å². The molecule has 0 radical (unpaired) electrons. The van der Waals surface area contributed by atoms with Gasteiger partial charge in [-0.05, 0) is 37.1 Å². The Bertz CT molecular complexity index is 866. The van der Waals surface area contributed by atoms with Gasteiger partial charge in [-0.1, -0.05) is 48.0 Å². The lowest BCUT2D eigenvalue weighted by atomic mass is 10.1. The molecule has 0 spiro atoms. The molecule has 2 aromatic carbocycles. The minimum absolute atomic E-state index is 0. The van der Waals surface area contributed by atoms with Crippen LogP contribution in [0.5, 0.6) is 5.75 Å². The minimum atomic E-state index is 0. The largest absolute Gasteiger partial charge is 0.492 e. The lowest BCUT2D eigenvalue weighted by Crippen LogP contribution is -2.39. The van der Waals surface area contributed by atoms with E-state index >= 15 is 0 Å². The highest BCUT2D eigenvalue weighted by atomic mass is 127. The van der Waals surface area contributed by atoms with Crippen molar-refractivity contribution >= 4 is 47.4 Å². The van der Waals surface area contributed by atoms with E-state index in [0.29, 0.717) is 31.1 Å². The van der Waals surface area contributed by atoms with Gasteiger partial charge < -0.3 is 20.3 Å². The zero-order valence-corrected chi connectivity index (χ0v) is 21.5. The van der Waals surface area contributed by atoms with E-state index in [1.165, 1.54) is 5.56 Å². The molecule has 2 aromatic rings. The maximum Gasteiger partial charge on any atom is 0.223 e. The van der Waals surface area contributed by atoms with Gasteiger partial charge in [-0.2, -0.15) is 0 Å². The summed E-state index contributed by atoms with van der Waals surface area (Å²) >= 11 is 5.97. The molecule has 0 bridgehead atoms. The fourth-order valence-corrected chi connectivity index (χ4v) is 3.74. The Balaban J connectivity index is 0.00000363. The molecule has 1 aliphatic rings. The molecule has 3 rings (SSSR count).